The van der Waals surface area contributed by atoms with E-state index >= 15 is 0 Å². The molecule has 8 nitrogen and oxygen atoms in total. The van der Waals surface area contributed by atoms with Gasteiger partial charge in [0.15, 0.2) is 0 Å². The van der Waals surface area contributed by atoms with Gasteiger partial charge in [0, 0.05) is 38.8 Å². The molecular weight excluding hydrogens is 396 g/mol. The van der Waals surface area contributed by atoms with Gasteiger partial charge < -0.3 is 10.1 Å². The molecule has 1 fully saturated rings. The molecule has 1 aliphatic heterocycles. The van der Waals surface area contributed by atoms with Crippen LogP contribution in [0.25, 0.3) is 0 Å². The molecule has 1 aliphatic rings. The van der Waals surface area contributed by atoms with Crippen LogP contribution in [0, 0.1) is 10.1 Å². The summed E-state index contributed by atoms with van der Waals surface area (Å²) in [5.74, 6) is 0.425. The summed E-state index contributed by atoms with van der Waals surface area (Å²) in [5, 5.41) is 14.3. The number of ether oxygens (including phenoxy) is 1. The number of amides is 1. The molecule has 0 bridgehead atoms. The number of hydrogen-bond acceptors (Lipinski definition) is 6. The molecule has 0 unspecified atom stereocenters. The summed E-state index contributed by atoms with van der Waals surface area (Å²) in [5.41, 5.74) is 0.113. The maximum absolute atomic E-state index is 12.3. The lowest BCUT2D eigenvalue weighted by Crippen LogP contribution is -2.49. The number of nitrogens with one attached hydrogen (secondary N) is 1. The van der Waals surface area contributed by atoms with Gasteiger partial charge in [-0.2, -0.15) is 0 Å². The van der Waals surface area contributed by atoms with Crippen molar-refractivity contribution < 1.29 is 14.5 Å². The van der Waals surface area contributed by atoms with Crippen LogP contribution < -0.4 is 10.1 Å². The summed E-state index contributed by atoms with van der Waals surface area (Å²) in [4.78, 5) is 27.1. The number of halogens is 1. The summed E-state index contributed by atoms with van der Waals surface area (Å²) in [6.07, 6.45) is 0. The highest BCUT2D eigenvalue weighted by molar-refractivity contribution is 6.32. The molecule has 3 rings (SSSR count). The highest BCUT2D eigenvalue weighted by atomic mass is 35.5. The third kappa shape index (κ3) is 6.15. The largest absolute Gasteiger partial charge is 0.491 e. The summed E-state index contributed by atoms with van der Waals surface area (Å²) in [7, 11) is 0. The minimum atomic E-state index is -0.501. The van der Waals surface area contributed by atoms with Gasteiger partial charge in [0.25, 0.3) is 5.69 Å². The minimum absolute atomic E-state index is 0.107. The number of piperazine rings is 1. The average Bonchev–Trinajstić information content (AvgIpc) is 2.71. The first kappa shape index (κ1) is 21.0. The lowest BCUT2D eigenvalue weighted by molar-refractivity contribution is -0.383. The van der Waals surface area contributed by atoms with Crippen molar-refractivity contribution in [2.75, 3.05) is 51.2 Å². The van der Waals surface area contributed by atoms with Gasteiger partial charge in [0.1, 0.15) is 18.0 Å². The van der Waals surface area contributed by atoms with Crippen LogP contribution in [0.5, 0.6) is 5.75 Å². The van der Waals surface area contributed by atoms with Crippen molar-refractivity contribution in [2.24, 2.45) is 0 Å². The third-order valence-electron chi connectivity index (χ3n) is 4.71. The van der Waals surface area contributed by atoms with Crippen LogP contribution in [0.2, 0.25) is 5.02 Å². The highest BCUT2D eigenvalue weighted by Gasteiger charge is 2.20. The predicted octanol–water partition coefficient (Wildman–Crippen LogP) is 2.88. The smallest absolute Gasteiger partial charge is 0.292 e. The zero-order chi connectivity index (χ0) is 20.6. The van der Waals surface area contributed by atoms with Crippen molar-refractivity contribution in [1.29, 1.82) is 0 Å². The number of rotatable bonds is 8. The number of nitrogens with zero attached hydrogens (tertiary/aromatic N) is 3. The molecule has 0 saturated carbocycles. The first-order valence-corrected chi connectivity index (χ1v) is 9.76. The van der Waals surface area contributed by atoms with Gasteiger partial charge in [0.05, 0.1) is 16.5 Å². The average molecular weight is 419 g/mol. The number of carbonyl (C=O) groups excluding carboxylic acids is 1. The van der Waals surface area contributed by atoms with E-state index in [1.165, 1.54) is 12.1 Å². The maximum Gasteiger partial charge on any atom is 0.292 e. The zero-order valence-electron chi connectivity index (χ0n) is 15.9. The van der Waals surface area contributed by atoms with Crippen molar-refractivity contribution in [3.8, 4) is 5.75 Å². The van der Waals surface area contributed by atoms with Gasteiger partial charge in [-0.05, 0) is 18.2 Å². The van der Waals surface area contributed by atoms with Crippen molar-refractivity contribution >= 4 is 28.9 Å². The van der Waals surface area contributed by atoms with E-state index in [9.17, 15) is 14.9 Å². The van der Waals surface area contributed by atoms with E-state index < -0.39 is 4.92 Å². The van der Waals surface area contributed by atoms with Crippen LogP contribution in [0.1, 0.15) is 0 Å². The van der Waals surface area contributed by atoms with E-state index in [0.29, 0.717) is 17.4 Å². The van der Waals surface area contributed by atoms with Gasteiger partial charge in [-0.25, -0.2) is 0 Å². The van der Waals surface area contributed by atoms with Crippen molar-refractivity contribution in [1.82, 2.24) is 9.80 Å². The Bertz CT molecular complexity index is 856. The van der Waals surface area contributed by atoms with Crippen LogP contribution in [0.4, 0.5) is 11.4 Å². The lowest BCUT2D eigenvalue weighted by atomic mass is 10.2. The number of nitro benzene ring substituents is 1. The fourth-order valence-corrected chi connectivity index (χ4v) is 3.34. The number of benzene rings is 2. The maximum atomic E-state index is 12.3. The molecule has 0 aromatic heterocycles. The Kier molecular flexibility index (Phi) is 7.40. The summed E-state index contributed by atoms with van der Waals surface area (Å²) in [6, 6.07) is 13.5. The quantitative estimate of drug-likeness (QED) is 0.524. The molecule has 0 aliphatic carbocycles. The molecule has 1 amide bonds. The number of para-hydroxylation sites is 3. The van der Waals surface area contributed by atoms with E-state index in [0.717, 1.165) is 32.7 Å². The Balaban J connectivity index is 1.39. The Morgan fingerprint density at radius 2 is 1.72 bits per heavy atom. The molecule has 0 radical (unpaired) electrons. The topological polar surface area (TPSA) is 88.0 Å². The van der Waals surface area contributed by atoms with Crippen LogP contribution >= 0.6 is 11.6 Å². The van der Waals surface area contributed by atoms with Crippen molar-refractivity contribution in [3.05, 3.63) is 63.7 Å². The fourth-order valence-electron chi connectivity index (χ4n) is 3.15. The van der Waals surface area contributed by atoms with Gasteiger partial charge in [-0.3, -0.25) is 24.7 Å². The van der Waals surface area contributed by atoms with Crippen LogP contribution in [-0.2, 0) is 4.79 Å². The van der Waals surface area contributed by atoms with Crippen LogP contribution in [0.15, 0.2) is 48.5 Å². The molecule has 1 N–H and O–H groups in total. The number of carbonyl (C=O) groups is 1. The van der Waals surface area contributed by atoms with E-state index in [2.05, 4.69) is 10.2 Å². The molecule has 9 heteroatoms. The van der Waals surface area contributed by atoms with Gasteiger partial charge >= 0.3 is 0 Å². The number of hydrogen-bond donors (Lipinski definition) is 1. The second-order valence-corrected chi connectivity index (χ2v) is 7.13. The number of nitro groups is 1. The Morgan fingerprint density at radius 1 is 1.07 bits per heavy atom. The minimum Gasteiger partial charge on any atom is -0.491 e. The normalized spacial score (nSPS) is 15.1. The molecule has 1 heterocycles. The molecule has 2 aromatic carbocycles. The van der Waals surface area contributed by atoms with E-state index in [4.69, 9.17) is 16.3 Å². The lowest BCUT2D eigenvalue weighted by Gasteiger charge is -2.34. The highest BCUT2D eigenvalue weighted by Crippen LogP contribution is 2.24. The summed E-state index contributed by atoms with van der Waals surface area (Å²) in [6.45, 7) is 4.67. The predicted molar refractivity (Wildman–Crippen MR) is 112 cm³/mol. The zero-order valence-corrected chi connectivity index (χ0v) is 16.7. The van der Waals surface area contributed by atoms with Crippen molar-refractivity contribution in [3.63, 3.8) is 0 Å². The first-order valence-electron chi connectivity index (χ1n) is 9.38. The van der Waals surface area contributed by atoms with E-state index in [-0.39, 0.29) is 23.8 Å². The molecule has 2 aromatic rings. The van der Waals surface area contributed by atoms with Gasteiger partial charge in [0.2, 0.25) is 5.91 Å². The monoisotopic (exact) mass is 418 g/mol. The van der Waals surface area contributed by atoms with Gasteiger partial charge in [-0.15, -0.1) is 0 Å². The fraction of sp³-hybridized carbons (Fsp3) is 0.350. The Hall–Kier alpha value is -2.68. The van der Waals surface area contributed by atoms with Crippen LogP contribution in [0.3, 0.4) is 0 Å². The third-order valence-corrected chi connectivity index (χ3v) is 5.02. The number of anilines is 1. The second kappa shape index (κ2) is 10.2. The SMILES string of the molecule is O=C(CN1CCN(CCOc2ccccc2Cl)CC1)Nc1ccccc1[N+](=O)[O-]. The van der Waals surface area contributed by atoms with Crippen molar-refractivity contribution in [2.45, 2.75) is 0 Å². The Morgan fingerprint density at radius 3 is 2.45 bits per heavy atom. The van der Waals surface area contributed by atoms with Crippen LogP contribution in [-0.4, -0.2) is 66.5 Å². The van der Waals surface area contributed by atoms with E-state index in [1.54, 1.807) is 18.2 Å². The molecular formula is C20H23ClN4O4. The molecule has 0 atom stereocenters. The summed E-state index contributed by atoms with van der Waals surface area (Å²) >= 11 is 6.08. The first-order chi connectivity index (χ1) is 14.0. The standard InChI is InChI=1S/C20H23ClN4O4/c21-16-5-1-4-8-19(16)29-14-13-23-9-11-24(12-10-23)15-20(26)22-17-6-2-3-7-18(17)25(27)28/h1-8H,9-15H2,(H,22,26). The second-order valence-electron chi connectivity index (χ2n) is 6.72. The molecule has 1 saturated heterocycles. The van der Waals surface area contributed by atoms with Gasteiger partial charge in [-0.1, -0.05) is 35.9 Å². The Labute approximate surface area is 174 Å². The summed E-state index contributed by atoms with van der Waals surface area (Å²) < 4.78 is 5.72. The molecule has 0 spiro atoms. The molecule has 154 valence electrons. The van der Waals surface area contributed by atoms with E-state index in [1.807, 2.05) is 23.1 Å². The molecule has 29 heavy (non-hydrogen) atoms.